The molecule has 7 heteroatoms. The normalized spacial score (nSPS) is 15.6. The van der Waals surface area contributed by atoms with Gasteiger partial charge in [0.05, 0.1) is 35.9 Å². The summed E-state index contributed by atoms with van der Waals surface area (Å²) in [5.74, 6) is 0.812. The monoisotopic (exact) mass is 476 g/mol. The van der Waals surface area contributed by atoms with Gasteiger partial charge in [0.25, 0.3) is 0 Å². The highest BCUT2D eigenvalue weighted by atomic mass is 35.5. The van der Waals surface area contributed by atoms with Crippen LogP contribution in [0, 0.1) is 6.92 Å². The number of nitrogens with zero attached hydrogens (tertiary/aromatic N) is 4. The average Bonchev–Trinajstić information content (AvgIpc) is 3.40. The zero-order chi connectivity index (χ0) is 22.9. The molecule has 5 rings (SSSR count). The molecule has 1 aliphatic heterocycles. The SMILES string of the molecule is COc1ccc(C2=NN(c3ccc(Cl)cc3)C(c3c(C)nn(-c4ccccc4)c3Cl)C2)cc1. The van der Waals surface area contributed by atoms with Crippen LogP contribution >= 0.6 is 23.2 Å². The van der Waals surface area contributed by atoms with E-state index < -0.39 is 0 Å². The van der Waals surface area contributed by atoms with Gasteiger partial charge in [-0.15, -0.1) is 0 Å². The Hall–Kier alpha value is -3.28. The van der Waals surface area contributed by atoms with Crippen LogP contribution in [0.3, 0.4) is 0 Å². The molecule has 33 heavy (non-hydrogen) atoms. The van der Waals surface area contributed by atoms with Crippen molar-refractivity contribution in [2.75, 3.05) is 12.1 Å². The lowest BCUT2D eigenvalue weighted by Crippen LogP contribution is -2.19. The Morgan fingerprint density at radius 3 is 2.24 bits per heavy atom. The summed E-state index contributed by atoms with van der Waals surface area (Å²) in [4.78, 5) is 0. The number of anilines is 1. The van der Waals surface area contributed by atoms with Crippen LogP contribution in [0.15, 0.2) is 84.0 Å². The second-order valence-corrected chi connectivity index (χ2v) is 8.65. The maximum absolute atomic E-state index is 6.94. The predicted molar refractivity (Wildman–Crippen MR) is 134 cm³/mol. The van der Waals surface area contributed by atoms with Gasteiger partial charge in [0.2, 0.25) is 0 Å². The quantitative estimate of drug-likeness (QED) is 0.316. The van der Waals surface area contributed by atoms with E-state index in [4.69, 9.17) is 38.1 Å². The second-order valence-electron chi connectivity index (χ2n) is 7.85. The number of rotatable bonds is 5. The highest BCUT2D eigenvalue weighted by Crippen LogP contribution is 2.41. The fraction of sp³-hybridized carbons (Fsp3) is 0.154. The molecule has 0 saturated heterocycles. The fourth-order valence-electron chi connectivity index (χ4n) is 4.16. The summed E-state index contributed by atoms with van der Waals surface area (Å²) in [6, 6.07) is 25.5. The topological polar surface area (TPSA) is 42.6 Å². The summed E-state index contributed by atoms with van der Waals surface area (Å²) in [7, 11) is 1.66. The van der Waals surface area contributed by atoms with E-state index >= 15 is 0 Å². The summed E-state index contributed by atoms with van der Waals surface area (Å²) < 4.78 is 7.10. The molecule has 0 fully saturated rings. The van der Waals surface area contributed by atoms with Gasteiger partial charge >= 0.3 is 0 Å². The average molecular weight is 477 g/mol. The molecule has 4 aromatic rings. The number of hydrogen-bond acceptors (Lipinski definition) is 4. The molecular formula is C26H22Cl2N4O. The van der Waals surface area contributed by atoms with Crippen molar-refractivity contribution in [1.82, 2.24) is 9.78 Å². The molecule has 1 aliphatic rings. The smallest absolute Gasteiger partial charge is 0.138 e. The van der Waals surface area contributed by atoms with Crippen molar-refractivity contribution >= 4 is 34.6 Å². The first-order valence-electron chi connectivity index (χ1n) is 10.6. The molecule has 0 saturated carbocycles. The van der Waals surface area contributed by atoms with Crippen molar-refractivity contribution in [3.05, 3.63) is 106 Å². The van der Waals surface area contributed by atoms with Gasteiger partial charge in [-0.1, -0.05) is 41.4 Å². The fourth-order valence-corrected chi connectivity index (χ4v) is 4.68. The van der Waals surface area contributed by atoms with E-state index in [1.165, 1.54) is 0 Å². The number of aromatic nitrogens is 2. The van der Waals surface area contributed by atoms with E-state index in [2.05, 4.69) is 0 Å². The number of hydrogen-bond donors (Lipinski definition) is 0. The van der Waals surface area contributed by atoms with Crippen LogP contribution in [0.4, 0.5) is 5.69 Å². The van der Waals surface area contributed by atoms with Crippen molar-refractivity contribution in [2.24, 2.45) is 5.10 Å². The Kier molecular flexibility index (Phi) is 5.83. The van der Waals surface area contributed by atoms with Crippen LogP contribution in [0.5, 0.6) is 5.75 Å². The van der Waals surface area contributed by atoms with E-state index in [1.54, 1.807) is 11.8 Å². The molecule has 1 aromatic heterocycles. The standard InChI is InChI=1S/C26H22Cl2N4O/c1-17-25(26(28)32(29-17)20-6-4-3-5-7-20)24-16-23(18-8-14-22(33-2)15-9-18)30-31(24)21-12-10-19(27)11-13-21/h3-15,24H,16H2,1-2H3. The highest BCUT2D eigenvalue weighted by Gasteiger charge is 2.34. The van der Waals surface area contributed by atoms with E-state index in [1.807, 2.05) is 90.8 Å². The van der Waals surface area contributed by atoms with Gasteiger partial charge in [0, 0.05) is 17.0 Å². The Morgan fingerprint density at radius 1 is 0.879 bits per heavy atom. The van der Waals surface area contributed by atoms with Crippen LogP contribution in [-0.4, -0.2) is 22.6 Å². The van der Waals surface area contributed by atoms with Crippen LogP contribution in [-0.2, 0) is 0 Å². The first-order valence-corrected chi connectivity index (χ1v) is 11.4. The minimum Gasteiger partial charge on any atom is -0.497 e. The molecule has 0 bridgehead atoms. The van der Waals surface area contributed by atoms with Gasteiger partial charge in [0.15, 0.2) is 0 Å². The third-order valence-electron chi connectivity index (χ3n) is 5.81. The van der Waals surface area contributed by atoms with Gasteiger partial charge in [0.1, 0.15) is 10.9 Å². The molecule has 0 radical (unpaired) electrons. The largest absolute Gasteiger partial charge is 0.497 e. The molecular weight excluding hydrogens is 455 g/mol. The van der Waals surface area contributed by atoms with Gasteiger partial charge < -0.3 is 4.74 Å². The summed E-state index contributed by atoms with van der Waals surface area (Å²) in [6.45, 7) is 1.99. The maximum atomic E-state index is 6.94. The van der Waals surface area contributed by atoms with Crippen LogP contribution in [0.1, 0.15) is 29.3 Å². The molecule has 5 nitrogen and oxygen atoms in total. The Balaban J connectivity index is 1.58. The molecule has 1 atom stereocenters. The lowest BCUT2D eigenvalue weighted by atomic mass is 9.98. The number of halogens is 2. The maximum Gasteiger partial charge on any atom is 0.138 e. The second kappa shape index (κ2) is 8.93. The lowest BCUT2D eigenvalue weighted by molar-refractivity contribution is 0.415. The van der Waals surface area contributed by atoms with Crippen LogP contribution < -0.4 is 9.75 Å². The molecule has 0 amide bonds. The molecule has 0 aliphatic carbocycles. The van der Waals surface area contributed by atoms with Crippen molar-refractivity contribution in [3.8, 4) is 11.4 Å². The molecule has 3 aromatic carbocycles. The highest BCUT2D eigenvalue weighted by molar-refractivity contribution is 6.31. The Morgan fingerprint density at radius 2 is 1.58 bits per heavy atom. The zero-order valence-corrected chi connectivity index (χ0v) is 19.8. The summed E-state index contributed by atoms with van der Waals surface area (Å²) in [5, 5.41) is 13.1. The van der Waals surface area contributed by atoms with Crippen LogP contribution in [0.25, 0.3) is 5.69 Å². The predicted octanol–water partition coefficient (Wildman–Crippen LogP) is 6.85. The van der Waals surface area contributed by atoms with Gasteiger partial charge in [-0.05, 0) is 73.2 Å². The van der Waals surface area contributed by atoms with Crippen molar-refractivity contribution in [3.63, 3.8) is 0 Å². The molecule has 1 unspecified atom stereocenters. The minimum atomic E-state index is -0.103. The Bertz CT molecular complexity index is 1300. The third kappa shape index (κ3) is 4.10. The van der Waals surface area contributed by atoms with E-state index in [0.717, 1.165) is 39.7 Å². The summed E-state index contributed by atoms with van der Waals surface area (Å²) in [6.07, 6.45) is 0.690. The third-order valence-corrected chi connectivity index (χ3v) is 6.42. The van der Waals surface area contributed by atoms with Crippen molar-refractivity contribution in [2.45, 2.75) is 19.4 Å². The number of methoxy groups -OCH3 is 1. The molecule has 166 valence electrons. The first-order chi connectivity index (χ1) is 16.0. The first kappa shape index (κ1) is 21.6. The van der Waals surface area contributed by atoms with Gasteiger partial charge in [-0.3, -0.25) is 5.01 Å². The molecule has 0 spiro atoms. The number of benzene rings is 3. The van der Waals surface area contributed by atoms with Crippen molar-refractivity contribution < 1.29 is 4.74 Å². The number of aryl methyl sites for hydroxylation is 1. The van der Waals surface area contributed by atoms with E-state index in [9.17, 15) is 0 Å². The number of ether oxygens (including phenoxy) is 1. The lowest BCUT2D eigenvalue weighted by Gasteiger charge is -2.24. The number of para-hydroxylation sites is 1. The molecule has 0 N–H and O–H groups in total. The minimum absolute atomic E-state index is 0.103. The zero-order valence-electron chi connectivity index (χ0n) is 18.2. The Labute approximate surface area is 202 Å². The van der Waals surface area contributed by atoms with Gasteiger partial charge in [-0.25, -0.2) is 4.68 Å². The molecule has 2 heterocycles. The summed E-state index contributed by atoms with van der Waals surface area (Å²) in [5.41, 5.74) is 5.71. The van der Waals surface area contributed by atoms with Gasteiger partial charge in [-0.2, -0.15) is 10.2 Å². The number of hydrazone groups is 1. The van der Waals surface area contributed by atoms with E-state index in [-0.39, 0.29) is 6.04 Å². The van der Waals surface area contributed by atoms with Crippen molar-refractivity contribution in [1.29, 1.82) is 0 Å². The summed E-state index contributed by atoms with van der Waals surface area (Å²) >= 11 is 13.1. The van der Waals surface area contributed by atoms with E-state index in [0.29, 0.717) is 16.6 Å². The van der Waals surface area contributed by atoms with Crippen LogP contribution in [0.2, 0.25) is 10.2 Å².